The van der Waals surface area contributed by atoms with Crippen LogP contribution >= 0.6 is 24.8 Å². The lowest BCUT2D eigenvalue weighted by Gasteiger charge is -2.34. The Hall–Kier alpha value is -0.350. The van der Waals surface area contributed by atoms with Crippen LogP contribution in [0.2, 0.25) is 0 Å². The molecule has 1 aromatic heterocycles. The van der Waals surface area contributed by atoms with Crippen molar-refractivity contribution in [1.29, 1.82) is 0 Å². The minimum absolute atomic E-state index is 0. The zero-order valence-electron chi connectivity index (χ0n) is 12.5. The number of halogens is 2. The molecule has 0 unspecified atom stereocenters. The van der Waals surface area contributed by atoms with Crippen molar-refractivity contribution in [3.63, 3.8) is 0 Å². The second-order valence-electron chi connectivity index (χ2n) is 5.15. The number of nitrogens with one attached hydrogen (secondary N) is 1. The van der Waals surface area contributed by atoms with E-state index in [9.17, 15) is 0 Å². The fourth-order valence-electron chi connectivity index (χ4n) is 2.66. The molecule has 0 aromatic carbocycles. The maximum absolute atomic E-state index is 4.74. The molecule has 1 aromatic rings. The summed E-state index contributed by atoms with van der Waals surface area (Å²) in [5.41, 5.74) is 2.38. The quantitative estimate of drug-likeness (QED) is 0.901. The molecule has 2 rings (SSSR count). The molecule has 1 saturated heterocycles. The van der Waals surface area contributed by atoms with E-state index in [-0.39, 0.29) is 24.8 Å². The van der Waals surface area contributed by atoms with E-state index < -0.39 is 0 Å². The van der Waals surface area contributed by atoms with Crippen molar-refractivity contribution in [1.82, 2.24) is 15.2 Å². The third kappa shape index (κ3) is 5.57. The molecule has 1 atom stereocenters. The third-order valence-electron chi connectivity index (χ3n) is 3.67. The average Bonchev–Trinajstić information content (AvgIpc) is 2.40. The first kappa shape index (κ1) is 19.7. The molecule has 3 nitrogen and oxygen atoms in total. The van der Waals surface area contributed by atoms with Crippen LogP contribution in [0.25, 0.3) is 0 Å². The number of nitrogens with zero attached hydrogens (tertiary/aromatic N) is 2. The predicted octanol–water partition coefficient (Wildman–Crippen LogP) is 3.37. The largest absolute Gasteiger partial charge is 0.314 e. The number of aromatic nitrogens is 1. The summed E-state index contributed by atoms with van der Waals surface area (Å²) in [6.45, 7) is 8.84. The summed E-state index contributed by atoms with van der Waals surface area (Å²) < 4.78 is 0. The summed E-state index contributed by atoms with van der Waals surface area (Å²) in [6.07, 6.45) is 3.77. The summed E-state index contributed by atoms with van der Waals surface area (Å²) >= 11 is 0. The van der Waals surface area contributed by atoms with E-state index in [1.165, 1.54) is 25.0 Å². The first-order valence-corrected chi connectivity index (χ1v) is 7.19. The molecule has 1 aliphatic heterocycles. The molecule has 116 valence electrons. The first-order valence-electron chi connectivity index (χ1n) is 7.19. The van der Waals surface area contributed by atoms with Crippen LogP contribution in [0.1, 0.15) is 43.6 Å². The highest BCUT2D eigenvalue weighted by Gasteiger charge is 2.22. The minimum atomic E-state index is 0. The van der Waals surface area contributed by atoms with Gasteiger partial charge in [0.1, 0.15) is 0 Å². The van der Waals surface area contributed by atoms with Gasteiger partial charge in [0, 0.05) is 31.9 Å². The Kier molecular flexibility index (Phi) is 10.2. The van der Waals surface area contributed by atoms with Crippen LogP contribution in [-0.4, -0.2) is 36.1 Å². The van der Waals surface area contributed by atoms with Gasteiger partial charge in [-0.05, 0) is 25.5 Å². The van der Waals surface area contributed by atoms with E-state index in [1.807, 2.05) is 0 Å². The molecule has 0 aliphatic carbocycles. The zero-order valence-corrected chi connectivity index (χ0v) is 14.1. The van der Waals surface area contributed by atoms with Gasteiger partial charge in [-0.2, -0.15) is 0 Å². The molecule has 1 N–H and O–H groups in total. The summed E-state index contributed by atoms with van der Waals surface area (Å²) in [7, 11) is 0. The van der Waals surface area contributed by atoms with Crippen molar-refractivity contribution < 1.29 is 0 Å². The predicted molar refractivity (Wildman–Crippen MR) is 90.2 cm³/mol. The Morgan fingerprint density at radius 1 is 1.25 bits per heavy atom. The molecule has 0 amide bonds. The average molecular weight is 320 g/mol. The Morgan fingerprint density at radius 2 is 1.95 bits per heavy atom. The van der Waals surface area contributed by atoms with Gasteiger partial charge in [0.05, 0.1) is 11.7 Å². The van der Waals surface area contributed by atoms with Gasteiger partial charge in [-0.25, -0.2) is 0 Å². The molecule has 20 heavy (non-hydrogen) atoms. The topological polar surface area (TPSA) is 28.2 Å². The number of rotatable bonds is 5. The summed E-state index contributed by atoms with van der Waals surface area (Å²) in [5.74, 6) is 0. The zero-order chi connectivity index (χ0) is 12.8. The minimum Gasteiger partial charge on any atom is -0.314 e. The van der Waals surface area contributed by atoms with Gasteiger partial charge in [0.2, 0.25) is 0 Å². The van der Waals surface area contributed by atoms with Gasteiger partial charge in [-0.15, -0.1) is 24.8 Å². The van der Waals surface area contributed by atoms with Crippen molar-refractivity contribution in [3.8, 4) is 0 Å². The van der Waals surface area contributed by atoms with Crippen LogP contribution in [0.4, 0.5) is 0 Å². The van der Waals surface area contributed by atoms with E-state index in [0.29, 0.717) is 6.04 Å². The molecule has 0 bridgehead atoms. The monoisotopic (exact) mass is 319 g/mol. The highest BCUT2D eigenvalue weighted by atomic mass is 35.5. The molecule has 0 spiro atoms. The van der Waals surface area contributed by atoms with Crippen LogP contribution < -0.4 is 5.32 Å². The van der Waals surface area contributed by atoms with Crippen molar-refractivity contribution in [2.45, 2.75) is 39.2 Å². The lowest BCUT2D eigenvalue weighted by Crippen LogP contribution is -2.45. The first-order chi connectivity index (χ1) is 8.81. The molecule has 0 radical (unpaired) electrons. The van der Waals surface area contributed by atoms with E-state index >= 15 is 0 Å². The van der Waals surface area contributed by atoms with Crippen LogP contribution in [0.3, 0.4) is 0 Å². The van der Waals surface area contributed by atoms with Gasteiger partial charge < -0.3 is 5.32 Å². The Morgan fingerprint density at radius 3 is 2.55 bits per heavy atom. The number of aryl methyl sites for hydroxylation is 1. The molecule has 1 aliphatic rings. The van der Waals surface area contributed by atoms with Crippen LogP contribution in [-0.2, 0) is 0 Å². The van der Waals surface area contributed by atoms with Crippen LogP contribution in [0, 0.1) is 6.92 Å². The standard InChI is InChI=1S/C15H25N3.2ClH/c1-3-4-8-15(18-11-9-16-10-12-18)14-7-5-6-13(2)17-14;;/h5-7,15-16H,3-4,8-12H2,1-2H3;2*1H/t15-;;/m1../s1. The van der Waals surface area contributed by atoms with Crippen LogP contribution in [0.5, 0.6) is 0 Å². The summed E-state index contributed by atoms with van der Waals surface area (Å²) in [4.78, 5) is 7.33. The highest BCUT2D eigenvalue weighted by Crippen LogP contribution is 2.25. The fourth-order valence-corrected chi connectivity index (χ4v) is 2.66. The number of unbranched alkanes of at least 4 members (excludes halogenated alkanes) is 1. The van der Waals surface area contributed by atoms with Gasteiger partial charge in [-0.1, -0.05) is 25.8 Å². The van der Waals surface area contributed by atoms with Gasteiger partial charge >= 0.3 is 0 Å². The lowest BCUT2D eigenvalue weighted by molar-refractivity contribution is 0.160. The maximum atomic E-state index is 4.74. The van der Waals surface area contributed by atoms with E-state index in [0.717, 1.165) is 31.9 Å². The van der Waals surface area contributed by atoms with Crippen molar-refractivity contribution in [3.05, 3.63) is 29.6 Å². The van der Waals surface area contributed by atoms with Crippen molar-refractivity contribution >= 4 is 24.8 Å². The lowest BCUT2D eigenvalue weighted by atomic mass is 10.0. The van der Waals surface area contributed by atoms with Crippen LogP contribution in [0.15, 0.2) is 18.2 Å². The fraction of sp³-hybridized carbons (Fsp3) is 0.667. The molecular formula is C15H27Cl2N3. The Balaban J connectivity index is 0.00000180. The molecule has 2 heterocycles. The molecule has 5 heteroatoms. The summed E-state index contributed by atoms with van der Waals surface area (Å²) in [5, 5.41) is 3.43. The van der Waals surface area contributed by atoms with Crippen molar-refractivity contribution in [2.24, 2.45) is 0 Å². The second kappa shape index (κ2) is 10.4. The number of pyridine rings is 1. The van der Waals surface area contributed by atoms with E-state index in [1.54, 1.807) is 0 Å². The Labute approximate surface area is 135 Å². The third-order valence-corrected chi connectivity index (χ3v) is 3.67. The Bertz CT molecular complexity index is 368. The smallest absolute Gasteiger partial charge is 0.0578 e. The van der Waals surface area contributed by atoms with Crippen molar-refractivity contribution in [2.75, 3.05) is 26.2 Å². The van der Waals surface area contributed by atoms with Gasteiger partial charge in [0.25, 0.3) is 0 Å². The SMILES string of the molecule is CCCC[C@H](c1cccc(C)n1)N1CCNCC1.Cl.Cl. The van der Waals surface area contributed by atoms with E-state index in [2.05, 4.69) is 42.3 Å². The van der Waals surface area contributed by atoms with Gasteiger partial charge in [-0.3, -0.25) is 9.88 Å². The highest BCUT2D eigenvalue weighted by molar-refractivity contribution is 5.85. The second-order valence-corrected chi connectivity index (χ2v) is 5.15. The normalized spacial score (nSPS) is 16.9. The van der Waals surface area contributed by atoms with E-state index in [4.69, 9.17) is 4.98 Å². The number of hydrogen-bond acceptors (Lipinski definition) is 3. The number of hydrogen-bond donors (Lipinski definition) is 1. The molecule has 0 saturated carbocycles. The number of piperazine rings is 1. The van der Waals surface area contributed by atoms with Gasteiger partial charge in [0.15, 0.2) is 0 Å². The molecule has 1 fully saturated rings. The maximum Gasteiger partial charge on any atom is 0.0578 e. The summed E-state index contributed by atoms with van der Waals surface area (Å²) in [6, 6.07) is 6.92. The molecular weight excluding hydrogens is 293 g/mol.